The Hall–Kier alpha value is -3.08. The highest BCUT2D eigenvalue weighted by Gasteiger charge is 2.23. The summed E-state index contributed by atoms with van der Waals surface area (Å²) >= 11 is 0. The Labute approximate surface area is 144 Å². The van der Waals surface area contributed by atoms with Crippen molar-refractivity contribution in [3.05, 3.63) is 79.6 Å². The molecule has 0 atom stereocenters. The summed E-state index contributed by atoms with van der Waals surface area (Å²) in [5, 5.41) is 1.47. The number of allylic oxidation sites excluding steroid dienone is 1. The van der Waals surface area contributed by atoms with E-state index in [1.54, 1.807) is 19.1 Å². The van der Waals surface area contributed by atoms with Crippen molar-refractivity contribution in [1.82, 2.24) is 15.0 Å². The zero-order valence-electron chi connectivity index (χ0n) is 14.6. The first-order chi connectivity index (χ1) is 11.9. The number of H-pyrrole nitrogens is 3. The van der Waals surface area contributed by atoms with Crippen LogP contribution in [0, 0.1) is 0 Å². The average molecular weight is 335 g/mol. The van der Waals surface area contributed by atoms with Gasteiger partial charge in [-0.1, -0.05) is 44.2 Å². The van der Waals surface area contributed by atoms with E-state index in [0.29, 0.717) is 0 Å². The highest BCUT2D eigenvalue weighted by molar-refractivity contribution is 5.91. The van der Waals surface area contributed by atoms with E-state index in [4.69, 9.17) is 0 Å². The minimum atomic E-state index is -0.333. The predicted octanol–water partition coefficient (Wildman–Crippen LogP) is 1.64. The molecule has 0 aliphatic heterocycles. The molecule has 0 unspecified atom stereocenters. The van der Waals surface area contributed by atoms with Crippen LogP contribution in [0.4, 0.5) is 0 Å². The van der Waals surface area contributed by atoms with Crippen LogP contribution in [-0.4, -0.2) is 15.0 Å². The van der Waals surface area contributed by atoms with E-state index in [0.717, 1.165) is 22.2 Å². The molecular formula is C20H21N3O2. The van der Waals surface area contributed by atoms with Crippen LogP contribution < -0.4 is 21.8 Å². The van der Waals surface area contributed by atoms with Gasteiger partial charge in [-0.05, 0) is 19.1 Å². The number of aromatic nitrogens is 3. The normalized spacial score (nSPS) is 13.6. The molecule has 0 aliphatic carbocycles. The number of aromatic amines is 3. The van der Waals surface area contributed by atoms with Gasteiger partial charge in [0.1, 0.15) is 10.7 Å². The van der Waals surface area contributed by atoms with Crippen molar-refractivity contribution in [3.63, 3.8) is 0 Å². The maximum absolute atomic E-state index is 12.3. The smallest absolute Gasteiger partial charge is 0.272 e. The number of para-hydroxylation sites is 1. The van der Waals surface area contributed by atoms with Crippen LogP contribution in [0.1, 0.15) is 32.0 Å². The number of benzene rings is 1. The molecule has 0 amide bonds. The lowest BCUT2D eigenvalue weighted by Crippen LogP contribution is -2.46. The molecule has 3 N–H and O–H groups in total. The molecule has 0 fully saturated rings. The largest absolute Gasteiger partial charge is 0.357 e. The van der Waals surface area contributed by atoms with Gasteiger partial charge in [0.05, 0.1) is 0 Å². The molecule has 1 aromatic carbocycles. The van der Waals surface area contributed by atoms with Gasteiger partial charge in [-0.25, -0.2) is 0 Å². The van der Waals surface area contributed by atoms with Crippen LogP contribution >= 0.6 is 0 Å². The van der Waals surface area contributed by atoms with Crippen LogP contribution in [0.2, 0.25) is 0 Å². The second kappa shape index (κ2) is 6.09. The molecule has 128 valence electrons. The predicted molar refractivity (Wildman–Crippen MR) is 102 cm³/mol. The molecule has 0 spiro atoms. The minimum Gasteiger partial charge on any atom is -0.357 e. The third kappa shape index (κ3) is 2.89. The van der Waals surface area contributed by atoms with Crippen molar-refractivity contribution in [3.8, 4) is 0 Å². The van der Waals surface area contributed by atoms with Crippen LogP contribution in [0.25, 0.3) is 23.1 Å². The Balaban J connectivity index is 2.42. The molecule has 0 saturated carbocycles. The molecule has 0 aliphatic rings. The SMILES string of the molecule is C=CC(C)(C)c1[nH]c2ccccc2c1/C=c1\[nH]c(=O)/c(=C/C)[nH]c1=O. The lowest BCUT2D eigenvalue weighted by atomic mass is 9.86. The van der Waals surface area contributed by atoms with Gasteiger partial charge in [0.25, 0.3) is 11.1 Å². The fourth-order valence-electron chi connectivity index (χ4n) is 2.87. The first kappa shape index (κ1) is 16.8. The monoisotopic (exact) mass is 335 g/mol. The molecular weight excluding hydrogens is 314 g/mol. The standard InChI is InChI=1S/C20H21N3O2/c1-5-14-18(24)23-16(19(25)22-14)11-13-12-9-7-8-10-15(12)21-17(13)20(3,4)6-2/h5-11,21H,2H2,1,3-4H3,(H,22,25)(H,23,24)/b14-5-,16-11-. The van der Waals surface area contributed by atoms with Crippen LogP contribution in [0.15, 0.2) is 46.5 Å². The van der Waals surface area contributed by atoms with Gasteiger partial charge in [0.15, 0.2) is 0 Å². The summed E-state index contributed by atoms with van der Waals surface area (Å²) in [4.78, 5) is 33.1. The summed E-state index contributed by atoms with van der Waals surface area (Å²) in [7, 11) is 0. The topological polar surface area (TPSA) is 81.5 Å². The molecule has 0 radical (unpaired) electrons. The summed E-state index contributed by atoms with van der Waals surface area (Å²) in [5.41, 5.74) is 1.80. The number of hydrogen-bond donors (Lipinski definition) is 3. The zero-order valence-corrected chi connectivity index (χ0v) is 14.6. The van der Waals surface area contributed by atoms with Crippen LogP contribution in [0.5, 0.6) is 0 Å². The van der Waals surface area contributed by atoms with E-state index in [1.807, 2.05) is 44.2 Å². The molecule has 3 rings (SSSR count). The highest BCUT2D eigenvalue weighted by Crippen LogP contribution is 2.32. The van der Waals surface area contributed by atoms with Crippen molar-refractivity contribution in [2.45, 2.75) is 26.2 Å². The van der Waals surface area contributed by atoms with Gasteiger partial charge < -0.3 is 15.0 Å². The second-order valence-corrected chi connectivity index (χ2v) is 6.55. The first-order valence-corrected chi connectivity index (χ1v) is 8.13. The van der Waals surface area contributed by atoms with Crippen LogP contribution in [-0.2, 0) is 5.41 Å². The van der Waals surface area contributed by atoms with Crippen molar-refractivity contribution >= 4 is 23.1 Å². The van der Waals surface area contributed by atoms with E-state index < -0.39 is 0 Å². The fraction of sp³-hybridized carbons (Fsp3) is 0.200. The summed E-state index contributed by atoms with van der Waals surface area (Å²) in [6.45, 7) is 9.71. The number of hydrogen-bond acceptors (Lipinski definition) is 2. The lowest BCUT2D eigenvalue weighted by molar-refractivity contribution is 0.651. The van der Waals surface area contributed by atoms with Crippen molar-refractivity contribution < 1.29 is 0 Å². The quantitative estimate of drug-likeness (QED) is 0.636. The second-order valence-electron chi connectivity index (χ2n) is 6.55. The Bertz CT molecular complexity index is 1190. The molecule has 25 heavy (non-hydrogen) atoms. The molecule has 5 heteroatoms. The maximum Gasteiger partial charge on any atom is 0.272 e. The Morgan fingerprint density at radius 3 is 2.32 bits per heavy atom. The lowest BCUT2D eigenvalue weighted by Gasteiger charge is -2.19. The Morgan fingerprint density at radius 2 is 1.64 bits per heavy atom. The Kier molecular flexibility index (Phi) is 4.08. The van der Waals surface area contributed by atoms with Gasteiger partial charge in [0, 0.05) is 27.6 Å². The van der Waals surface area contributed by atoms with Gasteiger partial charge in [-0.15, -0.1) is 6.58 Å². The third-order valence-electron chi connectivity index (χ3n) is 4.46. The zero-order chi connectivity index (χ0) is 18.2. The van der Waals surface area contributed by atoms with E-state index >= 15 is 0 Å². The molecule has 2 aromatic heterocycles. The summed E-state index contributed by atoms with van der Waals surface area (Å²) < 4.78 is 0. The van der Waals surface area contributed by atoms with Gasteiger partial charge in [-0.3, -0.25) is 9.59 Å². The summed E-state index contributed by atoms with van der Waals surface area (Å²) in [5.74, 6) is 0. The number of nitrogens with one attached hydrogen (secondary N) is 3. The third-order valence-corrected chi connectivity index (χ3v) is 4.46. The van der Waals surface area contributed by atoms with Gasteiger partial charge in [-0.2, -0.15) is 0 Å². The van der Waals surface area contributed by atoms with Crippen molar-refractivity contribution in [2.75, 3.05) is 0 Å². The van der Waals surface area contributed by atoms with E-state index in [-0.39, 0.29) is 27.2 Å². The molecule has 3 aromatic rings. The maximum atomic E-state index is 12.3. The van der Waals surface area contributed by atoms with Crippen molar-refractivity contribution in [2.24, 2.45) is 0 Å². The van der Waals surface area contributed by atoms with E-state index in [1.165, 1.54) is 0 Å². The van der Waals surface area contributed by atoms with Crippen LogP contribution in [0.3, 0.4) is 0 Å². The average Bonchev–Trinajstić information content (AvgIpc) is 2.97. The number of fused-ring (bicyclic) bond motifs is 1. The highest BCUT2D eigenvalue weighted by atomic mass is 16.1. The molecule has 2 heterocycles. The fourth-order valence-corrected chi connectivity index (χ4v) is 2.87. The molecule has 0 saturated heterocycles. The molecule has 0 bridgehead atoms. The number of rotatable bonds is 3. The van der Waals surface area contributed by atoms with Crippen molar-refractivity contribution in [1.29, 1.82) is 0 Å². The summed E-state index contributed by atoms with van der Waals surface area (Å²) in [6, 6.07) is 7.87. The Morgan fingerprint density at radius 1 is 1.00 bits per heavy atom. The van der Waals surface area contributed by atoms with Gasteiger partial charge >= 0.3 is 0 Å². The van der Waals surface area contributed by atoms with E-state index in [9.17, 15) is 9.59 Å². The molecule has 5 nitrogen and oxygen atoms in total. The first-order valence-electron chi connectivity index (χ1n) is 8.13. The van der Waals surface area contributed by atoms with Gasteiger partial charge in [0.2, 0.25) is 0 Å². The minimum absolute atomic E-state index is 0.224. The van der Waals surface area contributed by atoms with E-state index in [2.05, 4.69) is 21.5 Å². The summed E-state index contributed by atoms with van der Waals surface area (Å²) in [6.07, 6.45) is 5.15.